The number of ether oxygens (including phenoxy) is 2. The van der Waals surface area contributed by atoms with E-state index in [1.54, 1.807) is 7.11 Å². The number of anilines is 3. The van der Waals surface area contributed by atoms with Crippen molar-refractivity contribution >= 4 is 23.0 Å². The van der Waals surface area contributed by atoms with Crippen LogP contribution in [0.15, 0.2) is 48.5 Å². The summed E-state index contributed by atoms with van der Waals surface area (Å²) >= 11 is 0. The van der Waals surface area contributed by atoms with Crippen molar-refractivity contribution in [2.75, 3.05) is 74.7 Å². The Bertz CT molecular complexity index is 859. The minimum absolute atomic E-state index is 0.0323. The van der Waals surface area contributed by atoms with Crippen molar-refractivity contribution in [3.8, 4) is 5.75 Å². The van der Waals surface area contributed by atoms with E-state index in [4.69, 9.17) is 9.47 Å². The monoisotopic (exact) mass is 424 g/mol. The number of morpholine rings is 1. The molecule has 2 saturated heterocycles. The SMILES string of the molecule is COc1ccccc1N1CCN([C@@H](C)C(=O)Nc2ccc(N3CCOCC3)cc2)CC1. The number of methoxy groups -OCH3 is 1. The number of carbonyl (C=O) groups is 1. The summed E-state index contributed by atoms with van der Waals surface area (Å²) in [5.74, 6) is 0.923. The van der Waals surface area contributed by atoms with Gasteiger partial charge in [0.1, 0.15) is 5.75 Å². The van der Waals surface area contributed by atoms with Gasteiger partial charge in [-0.3, -0.25) is 9.69 Å². The summed E-state index contributed by atoms with van der Waals surface area (Å²) in [6.45, 7) is 8.73. The van der Waals surface area contributed by atoms with Gasteiger partial charge in [0.2, 0.25) is 5.91 Å². The highest BCUT2D eigenvalue weighted by atomic mass is 16.5. The van der Waals surface area contributed by atoms with Crippen molar-refractivity contribution < 1.29 is 14.3 Å². The van der Waals surface area contributed by atoms with Crippen LogP contribution in [0.1, 0.15) is 6.92 Å². The van der Waals surface area contributed by atoms with E-state index in [0.717, 1.165) is 69.6 Å². The molecule has 1 N–H and O–H groups in total. The van der Waals surface area contributed by atoms with E-state index in [9.17, 15) is 4.79 Å². The van der Waals surface area contributed by atoms with Gasteiger partial charge in [-0.2, -0.15) is 0 Å². The maximum atomic E-state index is 12.8. The third-order valence-electron chi connectivity index (χ3n) is 6.18. The molecule has 0 saturated carbocycles. The minimum atomic E-state index is -0.182. The average Bonchev–Trinajstić information content (AvgIpc) is 2.84. The van der Waals surface area contributed by atoms with E-state index in [2.05, 4.69) is 38.2 Å². The molecule has 2 fully saturated rings. The molecule has 7 heteroatoms. The van der Waals surface area contributed by atoms with Crippen molar-refractivity contribution in [1.82, 2.24) is 4.90 Å². The minimum Gasteiger partial charge on any atom is -0.495 e. The fourth-order valence-corrected chi connectivity index (χ4v) is 4.23. The van der Waals surface area contributed by atoms with E-state index in [1.807, 2.05) is 37.3 Å². The summed E-state index contributed by atoms with van der Waals surface area (Å²) < 4.78 is 10.9. The first-order chi connectivity index (χ1) is 15.2. The highest BCUT2D eigenvalue weighted by Crippen LogP contribution is 2.28. The molecule has 0 radical (unpaired) electrons. The predicted octanol–water partition coefficient (Wildman–Crippen LogP) is 2.68. The Morgan fingerprint density at radius 2 is 1.61 bits per heavy atom. The van der Waals surface area contributed by atoms with E-state index in [0.29, 0.717) is 0 Å². The second kappa shape index (κ2) is 10.0. The molecule has 0 aliphatic carbocycles. The van der Waals surface area contributed by atoms with E-state index >= 15 is 0 Å². The number of hydrogen-bond donors (Lipinski definition) is 1. The molecule has 7 nitrogen and oxygen atoms in total. The number of nitrogens with one attached hydrogen (secondary N) is 1. The van der Waals surface area contributed by atoms with Crippen molar-refractivity contribution in [3.05, 3.63) is 48.5 Å². The van der Waals surface area contributed by atoms with E-state index < -0.39 is 0 Å². The molecule has 0 aromatic heterocycles. The summed E-state index contributed by atoms with van der Waals surface area (Å²) in [7, 11) is 1.70. The van der Waals surface area contributed by atoms with Gasteiger partial charge >= 0.3 is 0 Å². The second-order valence-corrected chi connectivity index (χ2v) is 8.01. The zero-order valence-corrected chi connectivity index (χ0v) is 18.4. The lowest BCUT2D eigenvalue weighted by molar-refractivity contribution is -0.120. The van der Waals surface area contributed by atoms with Crippen LogP contribution in [0.4, 0.5) is 17.1 Å². The Morgan fingerprint density at radius 3 is 2.29 bits per heavy atom. The van der Waals surface area contributed by atoms with Crippen molar-refractivity contribution in [2.45, 2.75) is 13.0 Å². The van der Waals surface area contributed by atoms with E-state index in [-0.39, 0.29) is 11.9 Å². The molecule has 2 heterocycles. The smallest absolute Gasteiger partial charge is 0.241 e. The van der Waals surface area contributed by atoms with Crippen LogP contribution in [0.25, 0.3) is 0 Å². The summed E-state index contributed by atoms with van der Waals surface area (Å²) in [5, 5.41) is 3.07. The molecule has 2 aliphatic rings. The molecule has 2 aromatic carbocycles. The Labute approximate surface area is 184 Å². The van der Waals surface area contributed by atoms with E-state index in [1.165, 1.54) is 5.69 Å². The van der Waals surface area contributed by atoms with Crippen LogP contribution >= 0.6 is 0 Å². The van der Waals surface area contributed by atoms with Crippen LogP contribution in [0.5, 0.6) is 5.75 Å². The molecular formula is C24H32N4O3. The fraction of sp³-hybridized carbons (Fsp3) is 0.458. The third-order valence-corrected chi connectivity index (χ3v) is 6.18. The number of hydrogen-bond acceptors (Lipinski definition) is 6. The number of benzene rings is 2. The van der Waals surface area contributed by atoms with Crippen LogP contribution in [0.3, 0.4) is 0 Å². The number of carbonyl (C=O) groups excluding carboxylic acids is 1. The highest BCUT2D eigenvalue weighted by molar-refractivity contribution is 5.94. The van der Waals surface area contributed by atoms with Crippen molar-refractivity contribution in [3.63, 3.8) is 0 Å². The van der Waals surface area contributed by atoms with Gasteiger partial charge in [0.15, 0.2) is 0 Å². The molecule has 1 atom stereocenters. The third kappa shape index (κ3) is 5.11. The van der Waals surface area contributed by atoms with Gasteiger partial charge in [-0.05, 0) is 43.3 Å². The first-order valence-electron chi connectivity index (χ1n) is 11.0. The topological polar surface area (TPSA) is 57.3 Å². The molecule has 2 aliphatic heterocycles. The van der Waals surface area contributed by atoms with Gasteiger partial charge < -0.3 is 24.6 Å². The van der Waals surface area contributed by atoms with Crippen LogP contribution in [-0.2, 0) is 9.53 Å². The summed E-state index contributed by atoms with van der Waals surface area (Å²) in [5.41, 5.74) is 3.12. The molecule has 31 heavy (non-hydrogen) atoms. The standard InChI is InChI=1S/C24H32N4O3/c1-19(26-11-13-28(14-12-26)22-5-3-4-6-23(22)30-2)24(29)25-20-7-9-21(10-8-20)27-15-17-31-18-16-27/h3-10,19H,11-18H2,1-2H3,(H,25,29)/t19-/m0/s1. The largest absolute Gasteiger partial charge is 0.495 e. The van der Waals surface area contributed by atoms with Crippen LogP contribution in [0.2, 0.25) is 0 Å². The molecule has 0 spiro atoms. The lowest BCUT2D eigenvalue weighted by Crippen LogP contribution is -2.52. The Hall–Kier alpha value is -2.77. The molecule has 2 aromatic rings. The number of amides is 1. The first-order valence-corrected chi connectivity index (χ1v) is 11.0. The molecular weight excluding hydrogens is 392 g/mol. The molecule has 166 valence electrons. The maximum Gasteiger partial charge on any atom is 0.241 e. The average molecular weight is 425 g/mol. The first kappa shape index (κ1) is 21.5. The zero-order chi connectivity index (χ0) is 21.6. The highest BCUT2D eigenvalue weighted by Gasteiger charge is 2.26. The quantitative estimate of drug-likeness (QED) is 0.770. The summed E-state index contributed by atoms with van der Waals surface area (Å²) in [6, 6.07) is 16.0. The maximum absolute atomic E-state index is 12.8. The summed E-state index contributed by atoms with van der Waals surface area (Å²) in [6.07, 6.45) is 0. The fourth-order valence-electron chi connectivity index (χ4n) is 4.23. The molecule has 0 unspecified atom stereocenters. The van der Waals surface area contributed by atoms with Gasteiger partial charge in [0.05, 0.1) is 32.1 Å². The van der Waals surface area contributed by atoms with Gasteiger partial charge in [-0.1, -0.05) is 12.1 Å². The van der Waals surface area contributed by atoms with Crippen molar-refractivity contribution in [2.24, 2.45) is 0 Å². The molecule has 0 bridgehead atoms. The van der Waals surface area contributed by atoms with Gasteiger partial charge in [0, 0.05) is 50.6 Å². The number of piperazine rings is 1. The van der Waals surface area contributed by atoms with Gasteiger partial charge in [-0.15, -0.1) is 0 Å². The predicted molar refractivity (Wildman–Crippen MR) is 124 cm³/mol. The number of rotatable bonds is 6. The van der Waals surface area contributed by atoms with Gasteiger partial charge in [-0.25, -0.2) is 0 Å². The van der Waals surface area contributed by atoms with Crippen LogP contribution in [-0.4, -0.2) is 76.4 Å². The Kier molecular flexibility index (Phi) is 6.94. The van der Waals surface area contributed by atoms with Crippen molar-refractivity contribution in [1.29, 1.82) is 0 Å². The zero-order valence-electron chi connectivity index (χ0n) is 18.4. The lowest BCUT2D eigenvalue weighted by Gasteiger charge is -2.38. The second-order valence-electron chi connectivity index (χ2n) is 8.01. The van der Waals surface area contributed by atoms with Crippen LogP contribution in [0, 0.1) is 0 Å². The number of para-hydroxylation sites is 2. The van der Waals surface area contributed by atoms with Crippen LogP contribution < -0.4 is 19.9 Å². The normalized spacial score (nSPS) is 18.5. The Morgan fingerprint density at radius 1 is 0.935 bits per heavy atom. The number of nitrogens with zero attached hydrogens (tertiary/aromatic N) is 3. The lowest BCUT2D eigenvalue weighted by atomic mass is 10.1. The van der Waals surface area contributed by atoms with Gasteiger partial charge in [0.25, 0.3) is 0 Å². The summed E-state index contributed by atoms with van der Waals surface area (Å²) in [4.78, 5) is 19.7. The molecule has 4 rings (SSSR count). The molecule has 1 amide bonds. The Balaban J connectivity index is 1.29.